The third-order valence-electron chi connectivity index (χ3n) is 4.40. The van der Waals surface area contributed by atoms with Gasteiger partial charge in [0.1, 0.15) is 0 Å². The predicted octanol–water partition coefficient (Wildman–Crippen LogP) is 2.12. The summed E-state index contributed by atoms with van der Waals surface area (Å²) in [4.78, 5) is 24.4. The minimum atomic E-state index is 0.233. The molecule has 2 rings (SSSR count). The molecule has 25 heavy (non-hydrogen) atoms. The summed E-state index contributed by atoms with van der Waals surface area (Å²) in [7, 11) is 0. The van der Waals surface area contributed by atoms with Crippen LogP contribution in [-0.4, -0.2) is 54.0 Å². The van der Waals surface area contributed by atoms with Crippen LogP contribution in [-0.2, 0) is 17.6 Å². The minimum Gasteiger partial charge on any atom is -0.357 e. The third-order valence-corrected chi connectivity index (χ3v) is 5.47. The van der Waals surface area contributed by atoms with Gasteiger partial charge in [-0.05, 0) is 26.7 Å². The van der Waals surface area contributed by atoms with Crippen LogP contribution in [0, 0.1) is 6.92 Å². The Labute approximate surface area is 155 Å². The summed E-state index contributed by atoms with van der Waals surface area (Å²) in [6.07, 6.45) is 3.41. The van der Waals surface area contributed by atoms with Gasteiger partial charge in [0.2, 0.25) is 5.91 Å². The monoisotopic (exact) mass is 365 g/mol. The second kappa shape index (κ2) is 9.75. The smallest absolute Gasteiger partial charge is 0.222 e. The highest BCUT2D eigenvalue weighted by Crippen LogP contribution is 2.18. The zero-order valence-electron chi connectivity index (χ0n) is 15.9. The third kappa shape index (κ3) is 5.70. The van der Waals surface area contributed by atoms with E-state index in [1.54, 1.807) is 11.3 Å². The quantitative estimate of drug-likeness (QED) is 0.574. The van der Waals surface area contributed by atoms with Crippen molar-refractivity contribution >= 4 is 23.2 Å². The second-order valence-corrected chi connectivity index (χ2v) is 7.59. The fraction of sp³-hybridized carbons (Fsp3) is 0.722. The SMILES string of the molecule is CCNC(=NCCc1nc(CC)c(C)s1)NC1CCN(C(=O)CC)C1. The Balaban J connectivity index is 1.86. The summed E-state index contributed by atoms with van der Waals surface area (Å²) in [6.45, 7) is 11.4. The maximum absolute atomic E-state index is 11.8. The number of hydrogen-bond acceptors (Lipinski definition) is 4. The lowest BCUT2D eigenvalue weighted by Gasteiger charge is -2.18. The molecule has 0 saturated carbocycles. The molecule has 1 fully saturated rings. The zero-order chi connectivity index (χ0) is 18.2. The van der Waals surface area contributed by atoms with Crippen LogP contribution in [0.1, 0.15) is 49.2 Å². The average Bonchev–Trinajstić information content (AvgIpc) is 3.20. The van der Waals surface area contributed by atoms with E-state index in [1.807, 2.05) is 11.8 Å². The average molecular weight is 366 g/mol. The number of aryl methyl sites for hydroxylation is 2. The second-order valence-electron chi connectivity index (χ2n) is 6.30. The molecule has 140 valence electrons. The molecule has 2 N–H and O–H groups in total. The fourth-order valence-corrected chi connectivity index (χ4v) is 4.04. The van der Waals surface area contributed by atoms with Gasteiger partial charge in [0.15, 0.2) is 5.96 Å². The van der Waals surface area contributed by atoms with E-state index in [2.05, 4.69) is 41.4 Å². The highest BCUT2D eigenvalue weighted by Gasteiger charge is 2.25. The molecule has 6 nitrogen and oxygen atoms in total. The Morgan fingerprint density at radius 1 is 1.40 bits per heavy atom. The first-order valence-corrected chi connectivity index (χ1v) is 10.2. The highest BCUT2D eigenvalue weighted by atomic mass is 32.1. The van der Waals surface area contributed by atoms with Crippen LogP contribution in [0.3, 0.4) is 0 Å². The van der Waals surface area contributed by atoms with Crippen LogP contribution in [0.15, 0.2) is 4.99 Å². The number of guanidine groups is 1. The van der Waals surface area contributed by atoms with Crippen molar-refractivity contribution in [1.29, 1.82) is 0 Å². The van der Waals surface area contributed by atoms with Gasteiger partial charge >= 0.3 is 0 Å². The topological polar surface area (TPSA) is 69.6 Å². The molecule has 1 aromatic rings. The molecule has 1 unspecified atom stereocenters. The molecule has 0 aliphatic carbocycles. The fourth-order valence-electron chi connectivity index (χ4n) is 3.03. The Morgan fingerprint density at radius 3 is 2.84 bits per heavy atom. The Morgan fingerprint density at radius 2 is 2.20 bits per heavy atom. The van der Waals surface area contributed by atoms with E-state index in [1.165, 1.54) is 10.6 Å². The lowest BCUT2D eigenvalue weighted by atomic mass is 10.3. The van der Waals surface area contributed by atoms with E-state index in [0.29, 0.717) is 6.42 Å². The molecule has 1 aliphatic rings. The maximum atomic E-state index is 11.8. The molecule has 1 saturated heterocycles. The van der Waals surface area contributed by atoms with E-state index in [-0.39, 0.29) is 11.9 Å². The van der Waals surface area contributed by atoms with Gasteiger partial charge in [-0.15, -0.1) is 11.3 Å². The number of hydrogen-bond donors (Lipinski definition) is 2. The molecule has 0 aromatic carbocycles. The number of aromatic nitrogens is 1. The van der Waals surface area contributed by atoms with Crippen LogP contribution < -0.4 is 10.6 Å². The molecular formula is C18H31N5OS. The van der Waals surface area contributed by atoms with E-state index in [0.717, 1.165) is 56.4 Å². The van der Waals surface area contributed by atoms with Gasteiger partial charge in [0.05, 0.1) is 10.7 Å². The van der Waals surface area contributed by atoms with Crippen molar-refractivity contribution in [3.8, 4) is 0 Å². The van der Waals surface area contributed by atoms with Crippen molar-refractivity contribution in [3.05, 3.63) is 15.6 Å². The van der Waals surface area contributed by atoms with Gasteiger partial charge in [-0.3, -0.25) is 9.79 Å². The summed E-state index contributed by atoms with van der Waals surface area (Å²) >= 11 is 1.78. The molecule has 0 bridgehead atoms. The van der Waals surface area contributed by atoms with Gasteiger partial charge in [-0.25, -0.2) is 4.98 Å². The summed E-state index contributed by atoms with van der Waals surface area (Å²) in [5, 5.41) is 7.93. The minimum absolute atomic E-state index is 0.233. The molecular weight excluding hydrogens is 334 g/mol. The molecule has 0 radical (unpaired) electrons. The Hall–Kier alpha value is -1.63. The van der Waals surface area contributed by atoms with Crippen molar-refractivity contribution in [2.75, 3.05) is 26.2 Å². The number of amides is 1. The summed E-state index contributed by atoms with van der Waals surface area (Å²) in [6, 6.07) is 0.280. The molecule has 1 aromatic heterocycles. The number of thiazole rings is 1. The van der Waals surface area contributed by atoms with Gasteiger partial charge in [0.25, 0.3) is 0 Å². The molecule has 1 aliphatic heterocycles. The Bertz CT molecular complexity index is 598. The number of rotatable bonds is 7. The molecule has 2 heterocycles. The van der Waals surface area contributed by atoms with E-state index >= 15 is 0 Å². The highest BCUT2D eigenvalue weighted by molar-refractivity contribution is 7.11. The maximum Gasteiger partial charge on any atom is 0.222 e. The lowest BCUT2D eigenvalue weighted by molar-refractivity contribution is -0.129. The van der Waals surface area contributed by atoms with Crippen LogP contribution >= 0.6 is 11.3 Å². The standard InChI is InChI=1S/C18H31N5OS/c1-5-15-13(4)25-16(22-15)8-10-20-18(19-7-3)21-14-9-11-23(12-14)17(24)6-2/h14H,5-12H2,1-4H3,(H2,19,20,21). The molecule has 1 atom stereocenters. The lowest BCUT2D eigenvalue weighted by Crippen LogP contribution is -2.45. The van der Waals surface area contributed by atoms with Crippen LogP contribution in [0.5, 0.6) is 0 Å². The van der Waals surface area contributed by atoms with Gasteiger partial charge in [-0.1, -0.05) is 13.8 Å². The first-order chi connectivity index (χ1) is 12.1. The molecule has 0 spiro atoms. The number of nitrogens with zero attached hydrogens (tertiary/aromatic N) is 3. The summed E-state index contributed by atoms with van der Waals surface area (Å²) in [5.74, 6) is 1.07. The zero-order valence-corrected chi connectivity index (χ0v) is 16.7. The van der Waals surface area contributed by atoms with Crippen molar-refractivity contribution in [2.45, 2.75) is 59.4 Å². The first kappa shape index (κ1) is 19.7. The van der Waals surface area contributed by atoms with Gasteiger partial charge < -0.3 is 15.5 Å². The summed E-state index contributed by atoms with van der Waals surface area (Å²) in [5.41, 5.74) is 1.21. The van der Waals surface area contributed by atoms with Gasteiger partial charge in [0, 0.05) is 49.9 Å². The van der Waals surface area contributed by atoms with Crippen molar-refractivity contribution < 1.29 is 4.79 Å². The number of carbonyl (C=O) groups is 1. The number of carbonyl (C=O) groups excluding carboxylic acids is 1. The van der Waals surface area contributed by atoms with Crippen LogP contribution in [0.2, 0.25) is 0 Å². The van der Waals surface area contributed by atoms with Crippen molar-refractivity contribution in [3.63, 3.8) is 0 Å². The molecule has 1 amide bonds. The van der Waals surface area contributed by atoms with E-state index in [4.69, 9.17) is 0 Å². The number of nitrogens with one attached hydrogen (secondary N) is 2. The van der Waals surface area contributed by atoms with E-state index in [9.17, 15) is 4.79 Å². The molecule has 7 heteroatoms. The number of likely N-dealkylation sites (tertiary alicyclic amines) is 1. The van der Waals surface area contributed by atoms with Crippen molar-refractivity contribution in [1.82, 2.24) is 20.5 Å². The van der Waals surface area contributed by atoms with Gasteiger partial charge in [-0.2, -0.15) is 0 Å². The van der Waals surface area contributed by atoms with Crippen LogP contribution in [0.25, 0.3) is 0 Å². The largest absolute Gasteiger partial charge is 0.357 e. The Kier molecular flexibility index (Phi) is 7.68. The van der Waals surface area contributed by atoms with E-state index < -0.39 is 0 Å². The predicted molar refractivity (Wildman–Crippen MR) is 104 cm³/mol. The van der Waals surface area contributed by atoms with Crippen molar-refractivity contribution in [2.24, 2.45) is 4.99 Å². The first-order valence-electron chi connectivity index (χ1n) is 9.35. The summed E-state index contributed by atoms with van der Waals surface area (Å²) < 4.78 is 0. The number of aliphatic imine (C=N–C) groups is 1. The van der Waals surface area contributed by atoms with Crippen LogP contribution in [0.4, 0.5) is 0 Å². The normalized spacial score (nSPS) is 17.8.